The van der Waals surface area contributed by atoms with Crippen LogP contribution in [-0.2, 0) is 6.54 Å². The summed E-state index contributed by atoms with van der Waals surface area (Å²) in [4.78, 5) is 17.9. The van der Waals surface area contributed by atoms with Gasteiger partial charge in [0.25, 0.3) is 5.91 Å². The van der Waals surface area contributed by atoms with E-state index in [0.717, 1.165) is 11.3 Å². The molecule has 0 aliphatic rings. The zero-order chi connectivity index (χ0) is 13.0. The fourth-order valence-electron chi connectivity index (χ4n) is 1.61. The Bertz CT molecular complexity index is 522. The summed E-state index contributed by atoms with van der Waals surface area (Å²) in [6.45, 7) is 0.427. The van der Waals surface area contributed by atoms with Crippen LogP contribution in [0.15, 0.2) is 48.7 Å². The molecule has 1 heterocycles. The van der Waals surface area contributed by atoms with Gasteiger partial charge < -0.3 is 10.6 Å². The number of pyridine rings is 1. The van der Waals surface area contributed by atoms with Gasteiger partial charge >= 0.3 is 0 Å². The Balaban J connectivity index is 2.20. The third kappa shape index (κ3) is 2.55. The van der Waals surface area contributed by atoms with E-state index >= 15 is 0 Å². The van der Waals surface area contributed by atoms with E-state index in [1.165, 1.54) is 0 Å². The van der Waals surface area contributed by atoms with Crippen molar-refractivity contribution in [3.63, 3.8) is 0 Å². The normalized spacial score (nSPS) is 10.1. The average molecular weight is 241 g/mol. The van der Waals surface area contributed by atoms with E-state index in [-0.39, 0.29) is 5.91 Å². The second-order valence-corrected chi connectivity index (χ2v) is 3.96. The van der Waals surface area contributed by atoms with Gasteiger partial charge in [0.05, 0.1) is 0 Å². The van der Waals surface area contributed by atoms with Gasteiger partial charge in [-0.1, -0.05) is 24.3 Å². The van der Waals surface area contributed by atoms with Crippen molar-refractivity contribution in [2.45, 2.75) is 6.54 Å². The molecule has 0 aliphatic heterocycles. The van der Waals surface area contributed by atoms with Gasteiger partial charge in [-0.25, -0.2) is 0 Å². The molecule has 1 aromatic carbocycles. The number of hydrogen-bond donors (Lipinski definition) is 1. The van der Waals surface area contributed by atoms with Crippen LogP contribution in [0.2, 0.25) is 0 Å². The van der Waals surface area contributed by atoms with Gasteiger partial charge in [0.2, 0.25) is 0 Å². The summed E-state index contributed by atoms with van der Waals surface area (Å²) >= 11 is 0. The van der Waals surface area contributed by atoms with Crippen molar-refractivity contribution < 1.29 is 4.79 Å². The number of amides is 1. The molecule has 0 fully saturated rings. The highest BCUT2D eigenvalue weighted by atomic mass is 16.2. The Labute approximate surface area is 106 Å². The molecule has 4 heteroatoms. The van der Waals surface area contributed by atoms with Crippen LogP contribution in [0.3, 0.4) is 0 Å². The quantitative estimate of drug-likeness (QED) is 0.891. The molecule has 0 spiro atoms. The Hall–Kier alpha value is -2.20. The number of aromatic nitrogens is 1. The van der Waals surface area contributed by atoms with Crippen LogP contribution in [0.4, 0.5) is 5.69 Å². The molecule has 0 bridgehead atoms. The van der Waals surface area contributed by atoms with Gasteiger partial charge in [-0.05, 0) is 23.8 Å². The lowest BCUT2D eigenvalue weighted by Gasteiger charge is -2.16. The van der Waals surface area contributed by atoms with E-state index in [1.54, 1.807) is 24.2 Å². The van der Waals surface area contributed by atoms with Crippen molar-refractivity contribution in [3.8, 4) is 0 Å². The van der Waals surface area contributed by atoms with Crippen molar-refractivity contribution in [2.24, 2.45) is 5.73 Å². The topological polar surface area (TPSA) is 59.2 Å². The smallest absolute Gasteiger partial charge is 0.276 e. The van der Waals surface area contributed by atoms with Gasteiger partial charge in [-0.15, -0.1) is 0 Å². The van der Waals surface area contributed by atoms with E-state index in [2.05, 4.69) is 4.98 Å². The Kier molecular flexibility index (Phi) is 3.69. The minimum Gasteiger partial charge on any atom is -0.326 e. The number of nitrogens with zero attached hydrogens (tertiary/aromatic N) is 2. The van der Waals surface area contributed by atoms with Crippen LogP contribution in [0, 0.1) is 0 Å². The minimum absolute atomic E-state index is 0.134. The molecule has 0 atom stereocenters. The second kappa shape index (κ2) is 5.42. The number of nitrogens with two attached hydrogens (primary N) is 1. The van der Waals surface area contributed by atoms with E-state index in [4.69, 9.17) is 5.73 Å². The summed E-state index contributed by atoms with van der Waals surface area (Å²) in [6, 6.07) is 13.0. The predicted octanol–water partition coefficient (Wildman–Crippen LogP) is 1.82. The van der Waals surface area contributed by atoms with Crippen molar-refractivity contribution in [1.82, 2.24) is 4.98 Å². The largest absolute Gasteiger partial charge is 0.326 e. The summed E-state index contributed by atoms with van der Waals surface area (Å²) < 4.78 is 0. The summed E-state index contributed by atoms with van der Waals surface area (Å²) in [5.41, 5.74) is 7.66. The number of hydrogen-bond acceptors (Lipinski definition) is 3. The molecule has 0 unspecified atom stereocenters. The zero-order valence-electron chi connectivity index (χ0n) is 10.2. The molecular weight excluding hydrogens is 226 g/mol. The molecular formula is C14H15N3O. The lowest BCUT2D eigenvalue weighted by Crippen LogP contribution is -2.27. The van der Waals surface area contributed by atoms with E-state index < -0.39 is 0 Å². The number of anilines is 1. The average Bonchev–Trinajstić information content (AvgIpc) is 2.47. The van der Waals surface area contributed by atoms with Gasteiger partial charge in [-0.2, -0.15) is 0 Å². The Morgan fingerprint density at radius 1 is 1.22 bits per heavy atom. The molecule has 0 radical (unpaired) electrons. The summed E-state index contributed by atoms with van der Waals surface area (Å²) in [5.74, 6) is -0.134. The van der Waals surface area contributed by atoms with Crippen molar-refractivity contribution in [3.05, 3.63) is 59.9 Å². The van der Waals surface area contributed by atoms with Crippen molar-refractivity contribution in [2.75, 3.05) is 11.9 Å². The highest BCUT2D eigenvalue weighted by molar-refractivity contribution is 6.04. The molecule has 92 valence electrons. The van der Waals surface area contributed by atoms with Gasteiger partial charge in [0, 0.05) is 25.5 Å². The minimum atomic E-state index is -0.134. The molecule has 18 heavy (non-hydrogen) atoms. The van der Waals surface area contributed by atoms with Crippen LogP contribution in [0.25, 0.3) is 0 Å². The lowest BCUT2D eigenvalue weighted by atomic mass is 10.2. The first-order chi connectivity index (χ1) is 8.72. The molecule has 2 rings (SSSR count). The summed E-state index contributed by atoms with van der Waals surface area (Å²) in [6.07, 6.45) is 1.63. The number of rotatable bonds is 3. The zero-order valence-corrected chi connectivity index (χ0v) is 10.2. The van der Waals surface area contributed by atoms with Crippen LogP contribution >= 0.6 is 0 Å². The molecule has 2 N–H and O–H groups in total. The standard InChI is InChI=1S/C14H15N3O/c1-17(12-5-3-2-4-6-12)14(18)13-8-7-11(9-15)10-16-13/h2-8,10H,9,15H2,1H3. The Morgan fingerprint density at radius 3 is 2.50 bits per heavy atom. The second-order valence-electron chi connectivity index (χ2n) is 3.96. The molecule has 0 aliphatic carbocycles. The SMILES string of the molecule is CN(C(=O)c1ccc(CN)cn1)c1ccccc1. The predicted molar refractivity (Wildman–Crippen MR) is 71.3 cm³/mol. The van der Waals surface area contributed by atoms with E-state index in [9.17, 15) is 4.79 Å². The lowest BCUT2D eigenvalue weighted by molar-refractivity contribution is 0.0988. The van der Waals surface area contributed by atoms with Gasteiger partial charge in [-0.3, -0.25) is 9.78 Å². The molecule has 1 amide bonds. The highest BCUT2D eigenvalue weighted by Crippen LogP contribution is 2.13. The maximum absolute atomic E-state index is 12.2. The highest BCUT2D eigenvalue weighted by Gasteiger charge is 2.14. The fourth-order valence-corrected chi connectivity index (χ4v) is 1.61. The van der Waals surface area contributed by atoms with Gasteiger partial charge in [0.1, 0.15) is 5.69 Å². The molecule has 1 aromatic heterocycles. The number of para-hydroxylation sites is 1. The molecule has 0 saturated heterocycles. The first-order valence-corrected chi connectivity index (χ1v) is 5.70. The molecule has 0 saturated carbocycles. The maximum atomic E-state index is 12.2. The summed E-state index contributed by atoms with van der Waals surface area (Å²) in [5, 5.41) is 0. The van der Waals surface area contributed by atoms with Gasteiger partial charge in [0.15, 0.2) is 0 Å². The number of carbonyl (C=O) groups is 1. The van der Waals surface area contributed by atoms with Crippen LogP contribution < -0.4 is 10.6 Å². The van der Waals surface area contributed by atoms with Crippen molar-refractivity contribution in [1.29, 1.82) is 0 Å². The Morgan fingerprint density at radius 2 is 1.94 bits per heavy atom. The van der Waals surface area contributed by atoms with Crippen LogP contribution in [0.1, 0.15) is 16.1 Å². The maximum Gasteiger partial charge on any atom is 0.276 e. The third-order valence-corrected chi connectivity index (χ3v) is 2.73. The number of benzene rings is 1. The summed E-state index contributed by atoms with van der Waals surface area (Å²) in [7, 11) is 1.73. The monoisotopic (exact) mass is 241 g/mol. The van der Waals surface area contributed by atoms with Crippen LogP contribution in [-0.4, -0.2) is 17.9 Å². The number of carbonyl (C=O) groups excluding carboxylic acids is 1. The van der Waals surface area contributed by atoms with E-state index in [0.29, 0.717) is 12.2 Å². The van der Waals surface area contributed by atoms with Crippen molar-refractivity contribution >= 4 is 11.6 Å². The fraction of sp³-hybridized carbons (Fsp3) is 0.143. The van der Waals surface area contributed by atoms with E-state index in [1.807, 2.05) is 36.4 Å². The third-order valence-electron chi connectivity index (χ3n) is 2.73. The molecule has 4 nitrogen and oxygen atoms in total. The molecule has 2 aromatic rings. The van der Waals surface area contributed by atoms with Crippen LogP contribution in [0.5, 0.6) is 0 Å². The first-order valence-electron chi connectivity index (χ1n) is 5.70. The first kappa shape index (κ1) is 12.3.